The first-order valence-electron chi connectivity index (χ1n) is 4.81. The Hall–Kier alpha value is -1.46. The molecule has 0 radical (unpaired) electrons. The first-order chi connectivity index (χ1) is 7.81. The van der Waals surface area contributed by atoms with Crippen LogP contribution in [0.4, 0.5) is 10.1 Å². The van der Waals surface area contributed by atoms with E-state index < -0.39 is 0 Å². The molecule has 5 heteroatoms. The van der Waals surface area contributed by atoms with Crippen LogP contribution in [0.2, 0.25) is 0 Å². The van der Waals surface area contributed by atoms with Gasteiger partial charge in [0.05, 0.1) is 29.5 Å². The molecule has 1 atom stereocenters. The van der Waals surface area contributed by atoms with E-state index in [1.165, 1.54) is 17.4 Å². The maximum absolute atomic E-state index is 13.4. The number of aliphatic hydroxyl groups is 1. The summed E-state index contributed by atoms with van der Waals surface area (Å²) in [6, 6.07) is 5.99. The molecule has 1 aromatic heterocycles. The van der Waals surface area contributed by atoms with Crippen LogP contribution in [-0.4, -0.2) is 16.7 Å². The van der Waals surface area contributed by atoms with Crippen LogP contribution in [0, 0.1) is 5.82 Å². The molecule has 0 aliphatic rings. The van der Waals surface area contributed by atoms with Crippen LogP contribution in [0.1, 0.15) is 11.7 Å². The monoisotopic (exact) mass is 238 g/mol. The summed E-state index contributed by atoms with van der Waals surface area (Å²) in [5.41, 5.74) is 2.77. The fourth-order valence-corrected chi connectivity index (χ4v) is 1.98. The van der Waals surface area contributed by atoms with E-state index in [-0.39, 0.29) is 18.5 Å². The van der Waals surface area contributed by atoms with Crippen molar-refractivity contribution in [3.05, 3.63) is 46.7 Å². The van der Waals surface area contributed by atoms with Crippen molar-refractivity contribution in [2.24, 2.45) is 0 Å². The lowest BCUT2D eigenvalue weighted by Gasteiger charge is -2.15. The van der Waals surface area contributed by atoms with Gasteiger partial charge in [-0.3, -0.25) is 0 Å². The van der Waals surface area contributed by atoms with E-state index in [1.54, 1.807) is 23.7 Å². The molecular formula is C11H11FN2OS. The summed E-state index contributed by atoms with van der Waals surface area (Å²) in [5.74, 6) is -0.337. The van der Waals surface area contributed by atoms with Gasteiger partial charge in [0.2, 0.25) is 0 Å². The number of rotatable bonds is 4. The SMILES string of the molecule is OCC(Nc1ccccc1F)c1cscn1. The Labute approximate surface area is 96.6 Å². The first kappa shape index (κ1) is 11.0. The van der Waals surface area contributed by atoms with Gasteiger partial charge in [0.1, 0.15) is 5.82 Å². The maximum Gasteiger partial charge on any atom is 0.146 e. The predicted octanol–water partition coefficient (Wildman–Crippen LogP) is 2.43. The van der Waals surface area contributed by atoms with Crippen LogP contribution in [-0.2, 0) is 0 Å². The summed E-state index contributed by atoms with van der Waals surface area (Å²) in [6.07, 6.45) is 0. The molecule has 0 fully saturated rings. The van der Waals surface area contributed by atoms with Gasteiger partial charge in [-0.15, -0.1) is 11.3 Å². The molecular weight excluding hydrogens is 227 g/mol. The predicted molar refractivity (Wildman–Crippen MR) is 62.0 cm³/mol. The van der Waals surface area contributed by atoms with Crippen molar-refractivity contribution in [3.63, 3.8) is 0 Å². The Morgan fingerprint density at radius 2 is 2.25 bits per heavy atom. The van der Waals surface area contributed by atoms with Gasteiger partial charge in [-0.2, -0.15) is 0 Å². The largest absolute Gasteiger partial charge is 0.394 e. The smallest absolute Gasteiger partial charge is 0.146 e. The van der Waals surface area contributed by atoms with Crippen LogP contribution in [0.5, 0.6) is 0 Å². The van der Waals surface area contributed by atoms with Crippen molar-refractivity contribution in [2.45, 2.75) is 6.04 Å². The third-order valence-corrected chi connectivity index (χ3v) is 2.80. The molecule has 1 unspecified atom stereocenters. The lowest BCUT2D eigenvalue weighted by molar-refractivity contribution is 0.274. The second-order valence-electron chi connectivity index (χ2n) is 3.27. The van der Waals surface area contributed by atoms with E-state index in [0.29, 0.717) is 5.69 Å². The Morgan fingerprint density at radius 3 is 2.88 bits per heavy atom. The summed E-state index contributed by atoms with van der Waals surface area (Å²) in [6.45, 7) is -0.127. The molecule has 0 bridgehead atoms. The molecule has 2 aromatic rings. The Bertz CT molecular complexity index is 447. The zero-order valence-electron chi connectivity index (χ0n) is 8.43. The zero-order valence-corrected chi connectivity index (χ0v) is 9.25. The average Bonchev–Trinajstić information content (AvgIpc) is 2.81. The molecule has 0 aliphatic carbocycles. The highest BCUT2D eigenvalue weighted by molar-refractivity contribution is 7.07. The quantitative estimate of drug-likeness (QED) is 0.859. The molecule has 3 nitrogen and oxygen atoms in total. The standard InChI is InChI=1S/C11H11FN2OS/c12-8-3-1-2-4-9(8)14-10(5-15)11-6-16-7-13-11/h1-4,6-7,10,14-15H,5H2. The number of aromatic nitrogens is 1. The molecule has 2 rings (SSSR count). The van der Waals surface area contributed by atoms with Gasteiger partial charge in [0, 0.05) is 5.38 Å². The highest BCUT2D eigenvalue weighted by Crippen LogP contribution is 2.21. The summed E-state index contributed by atoms with van der Waals surface area (Å²) in [4.78, 5) is 4.09. The molecule has 0 spiro atoms. The van der Waals surface area contributed by atoms with Crippen LogP contribution in [0.25, 0.3) is 0 Å². The molecule has 0 amide bonds. The fourth-order valence-electron chi connectivity index (χ4n) is 1.37. The van der Waals surface area contributed by atoms with Crippen LogP contribution in [0.3, 0.4) is 0 Å². The summed E-state index contributed by atoms with van der Waals surface area (Å²) < 4.78 is 13.4. The minimum absolute atomic E-state index is 0.127. The topological polar surface area (TPSA) is 45.1 Å². The zero-order chi connectivity index (χ0) is 11.4. The molecule has 0 aliphatic heterocycles. The Kier molecular flexibility index (Phi) is 3.48. The van der Waals surface area contributed by atoms with E-state index in [9.17, 15) is 9.50 Å². The number of benzene rings is 1. The molecule has 0 saturated carbocycles. The van der Waals surface area contributed by atoms with Crippen LogP contribution in [0.15, 0.2) is 35.2 Å². The number of para-hydroxylation sites is 1. The second kappa shape index (κ2) is 5.05. The second-order valence-corrected chi connectivity index (χ2v) is 3.99. The molecule has 1 heterocycles. The number of halogens is 1. The van der Waals surface area contributed by atoms with E-state index >= 15 is 0 Å². The lowest BCUT2D eigenvalue weighted by Crippen LogP contribution is -2.15. The highest BCUT2D eigenvalue weighted by Gasteiger charge is 2.13. The fraction of sp³-hybridized carbons (Fsp3) is 0.182. The number of nitrogens with zero attached hydrogens (tertiary/aromatic N) is 1. The van der Waals surface area contributed by atoms with Gasteiger partial charge in [0.15, 0.2) is 0 Å². The number of thiazole rings is 1. The summed E-state index contributed by atoms with van der Waals surface area (Å²) in [7, 11) is 0. The van der Waals surface area contributed by atoms with Crippen LogP contribution < -0.4 is 5.32 Å². The average molecular weight is 238 g/mol. The number of hydrogen-bond acceptors (Lipinski definition) is 4. The van der Waals surface area contributed by atoms with E-state index in [1.807, 2.05) is 5.38 Å². The van der Waals surface area contributed by atoms with Crippen molar-refractivity contribution < 1.29 is 9.50 Å². The van der Waals surface area contributed by atoms with Crippen LogP contribution >= 0.6 is 11.3 Å². The van der Waals surface area contributed by atoms with E-state index in [4.69, 9.17) is 0 Å². The number of aliphatic hydroxyl groups excluding tert-OH is 1. The minimum Gasteiger partial charge on any atom is -0.394 e. The molecule has 1 aromatic carbocycles. The van der Waals surface area contributed by atoms with Gasteiger partial charge < -0.3 is 10.4 Å². The van der Waals surface area contributed by atoms with E-state index in [2.05, 4.69) is 10.3 Å². The van der Waals surface area contributed by atoms with Crippen molar-refractivity contribution in [2.75, 3.05) is 11.9 Å². The molecule has 16 heavy (non-hydrogen) atoms. The van der Waals surface area contributed by atoms with Crippen molar-refractivity contribution in [1.29, 1.82) is 0 Å². The lowest BCUT2D eigenvalue weighted by atomic mass is 10.2. The Balaban J connectivity index is 2.17. The van der Waals surface area contributed by atoms with Crippen molar-refractivity contribution in [3.8, 4) is 0 Å². The summed E-state index contributed by atoms with van der Waals surface area (Å²) in [5, 5.41) is 14.0. The highest BCUT2D eigenvalue weighted by atomic mass is 32.1. The van der Waals surface area contributed by atoms with Crippen molar-refractivity contribution >= 4 is 17.0 Å². The molecule has 84 valence electrons. The minimum atomic E-state index is -0.372. The van der Waals surface area contributed by atoms with Gasteiger partial charge in [0.25, 0.3) is 0 Å². The van der Waals surface area contributed by atoms with Gasteiger partial charge in [-0.25, -0.2) is 9.37 Å². The number of hydrogen-bond donors (Lipinski definition) is 2. The third kappa shape index (κ3) is 2.37. The maximum atomic E-state index is 13.4. The van der Waals surface area contributed by atoms with Crippen molar-refractivity contribution in [1.82, 2.24) is 4.98 Å². The number of nitrogens with one attached hydrogen (secondary N) is 1. The van der Waals surface area contributed by atoms with Gasteiger partial charge >= 0.3 is 0 Å². The van der Waals surface area contributed by atoms with Gasteiger partial charge in [-0.1, -0.05) is 12.1 Å². The third-order valence-electron chi connectivity index (χ3n) is 2.19. The first-order valence-corrected chi connectivity index (χ1v) is 5.75. The Morgan fingerprint density at radius 1 is 1.44 bits per heavy atom. The molecule has 0 saturated heterocycles. The van der Waals surface area contributed by atoms with Gasteiger partial charge in [-0.05, 0) is 12.1 Å². The molecule has 2 N–H and O–H groups in total. The normalized spacial score (nSPS) is 12.4. The summed E-state index contributed by atoms with van der Waals surface area (Å²) >= 11 is 1.44. The van der Waals surface area contributed by atoms with E-state index in [0.717, 1.165) is 5.69 Å². The number of anilines is 1.